The Morgan fingerprint density at radius 2 is 2.50 bits per heavy atom. The Morgan fingerprint density at radius 3 is 3.14 bits per heavy atom. The SMILES string of the molecule is CCCCNC=CC(=O)c1cccs1. The predicted molar refractivity (Wildman–Crippen MR) is 60.7 cm³/mol. The van der Waals surface area contributed by atoms with Crippen molar-refractivity contribution in [3.05, 3.63) is 34.7 Å². The molecular formula is C11H15NOS. The summed E-state index contributed by atoms with van der Waals surface area (Å²) in [5.74, 6) is 0.0731. The van der Waals surface area contributed by atoms with Crippen molar-refractivity contribution < 1.29 is 4.79 Å². The number of rotatable bonds is 6. The first-order valence-electron chi connectivity index (χ1n) is 4.82. The van der Waals surface area contributed by atoms with Gasteiger partial charge in [0.05, 0.1) is 4.88 Å². The lowest BCUT2D eigenvalue weighted by molar-refractivity contribution is 0.105. The molecule has 0 bridgehead atoms. The maximum Gasteiger partial charge on any atom is 0.197 e. The molecule has 0 saturated carbocycles. The molecule has 0 amide bonds. The molecule has 0 aliphatic rings. The number of allylic oxidation sites excluding steroid dienone is 1. The third kappa shape index (κ3) is 3.75. The largest absolute Gasteiger partial charge is 0.391 e. The van der Waals surface area contributed by atoms with Crippen molar-refractivity contribution in [1.82, 2.24) is 5.32 Å². The number of hydrogen-bond acceptors (Lipinski definition) is 3. The molecule has 1 aromatic heterocycles. The minimum Gasteiger partial charge on any atom is -0.391 e. The first kappa shape index (κ1) is 11.0. The molecule has 1 N–H and O–H groups in total. The van der Waals surface area contributed by atoms with Gasteiger partial charge in [-0.2, -0.15) is 0 Å². The van der Waals surface area contributed by atoms with E-state index in [4.69, 9.17) is 0 Å². The molecule has 0 aliphatic heterocycles. The number of carbonyl (C=O) groups excluding carboxylic acids is 1. The van der Waals surface area contributed by atoms with Crippen LogP contribution in [0, 0.1) is 0 Å². The predicted octanol–water partition coefficient (Wildman–Crippen LogP) is 2.83. The normalized spacial score (nSPS) is 10.6. The second-order valence-corrected chi connectivity index (χ2v) is 3.93. The summed E-state index contributed by atoms with van der Waals surface area (Å²) in [7, 11) is 0. The summed E-state index contributed by atoms with van der Waals surface area (Å²) in [5.41, 5.74) is 0. The third-order valence-corrected chi connectivity index (χ3v) is 2.68. The molecule has 76 valence electrons. The van der Waals surface area contributed by atoms with Crippen molar-refractivity contribution in [3.8, 4) is 0 Å². The van der Waals surface area contributed by atoms with Crippen molar-refractivity contribution in [2.24, 2.45) is 0 Å². The van der Waals surface area contributed by atoms with E-state index in [0.717, 1.165) is 17.8 Å². The molecule has 14 heavy (non-hydrogen) atoms. The van der Waals surface area contributed by atoms with Gasteiger partial charge < -0.3 is 5.32 Å². The van der Waals surface area contributed by atoms with Crippen LogP contribution in [0.2, 0.25) is 0 Å². The van der Waals surface area contributed by atoms with E-state index in [1.165, 1.54) is 17.8 Å². The van der Waals surface area contributed by atoms with Gasteiger partial charge in [-0.1, -0.05) is 19.4 Å². The highest BCUT2D eigenvalue weighted by atomic mass is 32.1. The highest BCUT2D eigenvalue weighted by Gasteiger charge is 2.00. The molecule has 0 aliphatic carbocycles. The topological polar surface area (TPSA) is 29.1 Å². The summed E-state index contributed by atoms with van der Waals surface area (Å²) < 4.78 is 0. The average Bonchev–Trinajstić information content (AvgIpc) is 2.70. The zero-order valence-electron chi connectivity index (χ0n) is 8.32. The summed E-state index contributed by atoms with van der Waals surface area (Å²) in [5, 5.41) is 4.99. The first-order valence-corrected chi connectivity index (χ1v) is 5.70. The highest BCUT2D eigenvalue weighted by molar-refractivity contribution is 7.12. The van der Waals surface area contributed by atoms with Gasteiger partial charge in [0.25, 0.3) is 0 Å². The van der Waals surface area contributed by atoms with Crippen LogP contribution in [-0.4, -0.2) is 12.3 Å². The lowest BCUT2D eigenvalue weighted by atomic mass is 10.3. The molecule has 1 heterocycles. The van der Waals surface area contributed by atoms with Crippen LogP contribution < -0.4 is 5.32 Å². The van der Waals surface area contributed by atoms with Crippen molar-refractivity contribution >= 4 is 17.1 Å². The Kier molecular flexibility index (Phi) is 5.00. The van der Waals surface area contributed by atoms with E-state index in [1.54, 1.807) is 12.3 Å². The average molecular weight is 209 g/mol. The monoisotopic (exact) mass is 209 g/mol. The van der Waals surface area contributed by atoms with Crippen molar-refractivity contribution in [2.45, 2.75) is 19.8 Å². The summed E-state index contributed by atoms with van der Waals surface area (Å²) >= 11 is 1.47. The zero-order valence-corrected chi connectivity index (χ0v) is 9.14. The van der Waals surface area contributed by atoms with Crippen molar-refractivity contribution in [1.29, 1.82) is 0 Å². The van der Waals surface area contributed by atoms with Crippen molar-refractivity contribution in [2.75, 3.05) is 6.54 Å². The second-order valence-electron chi connectivity index (χ2n) is 2.98. The molecule has 0 radical (unpaired) electrons. The van der Waals surface area contributed by atoms with Crippen LogP contribution in [0.5, 0.6) is 0 Å². The van der Waals surface area contributed by atoms with Gasteiger partial charge in [0, 0.05) is 18.8 Å². The molecule has 3 heteroatoms. The summed E-state index contributed by atoms with van der Waals surface area (Å²) in [6, 6.07) is 3.72. The van der Waals surface area contributed by atoms with E-state index in [2.05, 4.69) is 12.2 Å². The van der Waals surface area contributed by atoms with E-state index < -0.39 is 0 Å². The Hall–Kier alpha value is -1.09. The second kappa shape index (κ2) is 6.38. The molecule has 0 spiro atoms. The Balaban J connectivity index is 2.27. The van der Waals surface area contributed by atoms with Crippen LogP contribution >= 0.6 is 11.3 Å². The number of nitrogens with one attached hydrogen (secondary N) is 1. The van der Waals surface area contributed by atoms with Gasteiger partial charge in [-0.15, -0.1) is 11.3 Å². The standard InChI is InChI=1S/C11H15NOS/c1-2-3-7-12-8-6-10(13)11-5-4-9-14-11/h4-6,8-9,12H,2-3,7H2,1H3. The summed E-state index contributed by atoms with van der Waals surface area (Å²) in [6.07, 6.45) is 5.62. The van der Waals surface area contributed by atoms with Gasteiger partial charge in [-0.3, -0.25) is 4.79 Å². The molecule has 0 aromatic carbocycles. The van der Waals surface area contributed by atoms with Gasteiger partial charge in [0.15, 0.2) is 5.78 Å². The van der Waals surface area contributed by atoms with E-state index in [0.29, 0.717) is 0 Å². The van der Waals surface area contributed by atoms with Crippen LogP contribution in [0.4, 0.5) is 0 Å². The van der Waals surface area contributed by atoms with Crippen molar-refractivity contribution in [3.63, 3.8) is 0 Å². The maximum atomic E-state index is 11.4. The van der Waals surface area contributed by atoms with Crippen LogP contribution in [-0.2, 0) is 0 Å². The van der Waals surface area contributed by atoms with Crippen LogP contribution in [0.1, 0.15) is 29.4 Å². The Morgan fingerprint density at radius 1 is 1.64 bits per heavy atom. The smallest absolute Gasteiger partial charge is 0.197 e. The molecule has 1 rings (SSSR count). The van der Waals surface area contributed by atoms with E-state index in [1.807, 2.05) is 17.5 Å². The molecule has 2 nitrogen and oxygen atoms in total. The highest BCUT2D eigenvalue weighted by Crippen LogP contribution is 2.09. The number of unbranched alkanes of at least 4 members (excludes halogenated alkanes) is 1. The molecule has 0 unspecified atom stereocenters. The first-order chi connectivity index (χ1) is 6.84. The number of thiophene rings is 1. The number of hydrogen-bond donors (Lipinski definition) is 1. The summed E-state index contributed by atoms with van der Waals surface area (Å²) in [6.45, 7) is 3.08. The van der Waals surface area contributed by atoms with Crippen LogP contribution in [0.25, 0.3) is 0 Å². The molecule has 0 atom stereocenters. The van der Waals surface area contributed by atoms with E-state index in [-0.39, 0.29) is 5.78 Å². The van der Waals surface area contributed by atoms with Crippen LogP contribution in [0.3, 0.4) is 0 Å². The molecule has 1 aromatic rings. The minimum absolute atomic E-state index is 0.0731. The number of carbonyl (C=O) groups is 1. The van der Waals surface area contributed by atoms with Gasteiger partial charge >= 0.3 is 0 Å². The lowest BCUT2D eigenvalue weighted by Crippen LogP contribution is -2.07. The van der Waals surface area contributed by atoms with Crippen LogP contribution in [0.15, 0.2) is 29.8 Å². The Labute approximate surface area is 88.6 Å². The molecule has 0 saturated heterocycles. The third-order valence-electron chi connectivity index (χ3n) is 1.79. The summed E-state index contributed by atoms with van der Waals surface area (Å²) in [4.78, 5) is 12.2. The van der Waals surface area contributed by atoms with Gasteiger partial charge in [-0.05, 0) is 17.9 Å². The minimum atomic E-state index is 0.0731. The quantitative estimate of drug-likeness (QED) is 0.443. The molecule has 0 fully saturated rings. The fourth-order valence-electron chi connectivity index (χ4n) is 0.998. The zero-order chi connectivity index (χ0) is 10.2. The van der Waals surface area contributed by atoms with Gasteiger partial charge in [0.2, 0.25) is 0 Å². The lowest BCUT2D eigenvalue weighted by Gasteiger charge is -1.96. The van der Waals surface area contributed by atoms with E-state index >= 15 is 0 Å². The van der Waals surface area contributed by atoms with Gasteiger partial charge in [-0.25, -0.2) is 0 Å². The maximum absolute atomic E-state index is 11.4. The molecular weight excluding hydrogens is 194 g/mol. The fraction of sp³-hybridized carbons (Fsp3) is 0.364. The van der Waals surface area contributed by atoms with E-state index in [9.17, 15) is 4.79 Å². The number of ketones is 1. The fourth-order valence-corrected chi connectivity index (χ4v) is 1.64. The van der Waals surface area contributed by atoms with Gasteiger partial charge in [0.1, 0.15) is 0 Å². The Bertz CT molecular complexity index is 290.